The van der Waals surface area contributed by atoms with E-state index in [2.05, 4.69) is 29.1 Å². The molecule has 0 fully saturated rings. The zero-order chi connectivity index (χ0) is 13.7. The van der Waals surface area contributed by atoms with Gasteiger partial charge in [0.2, 0.25) is 11.9 Å². The van der Waals surface area contributed by atoms with E-state index in [0.717, 1.165) is 6.42 Å². The average Bonchev–Trinajstić information content (AvgIpc) is 2.23. The molecule has 1 aromatic rings. The highest BCUT2D eigenvalue weighted by Crippen LogP contribution is 2.14. The van der Waals surface area contributed by atoms with Crippen LogP contribution in [0.2, 0.25) is 5.15 Å². The summed E-state index contributed by atoms with van der Waals surface area (Å²) in [5.41, 5.74) is 6.31. The Kier molecular flexibility index (Phi) is 5.50. The second kappa shape index (κ2) is 6.66. The van der Waals surface area contributed by atoms with Crippen LogP contribution >= 0.6 is 11.6 Å². The summed E-state index contributed by atoms with van der Waals surface area (Å²) in [7, 11) is 0. The van der Waals surface area contributed by atoms with Crippen molar-refractivity contribution in [1.82, 2.24) is 9.97 Å². The molecule has 5 nitrogen and oxygen atoms in total. The molecule has 1 rings (SSSR count). The van der Waals surface area contributed by atoms with Crippen molar-refractivity contribution in [1.29, 1.82) is 0 Å². The highest BCUT2D eigenvalue weighted by Gasteiger charge is 2.19. The molecule has 0 saturated heterocycles. The van der Waals surface area contributed by atoms with Crippen LogP contribution in [0.4, 0.5) is 5.95 Å². The molecule has 1 unspecified atom stereocenters. The summed E-state index contributed by atoms with van der Waals surface area (Å²) in [4.78, 5) is 20.0. The normalized spacial score (nSPS) is 12.6. The zero-order valence-corrected chi connectivity index (χ0v) is 11.7. The minimum absolute atomic E-state index is 0.159. The van der Waals surface area contributed by atoms with Gasteiger partial charge in [-0.2, -0.15) is 0 Å². The van der Waals surface area contributed by atoms with E-state index in [0.29, 0.717) is 23.3 Å². The summed E-state index contributed by atoms with van der Waals surface area (Å²) in [6.45, 7) is 6.20. The minimum Gasteiger partial charge on any atom is -0.330 e. The lowest BCUT2D eigenvalue weighted by molar-refractivity contribution is -0.120. The SMILES string of the molecule is Cc1cc(Cl)nc(NC(=O)C(CN)CC(C)C)n1. The van der Waals surface area contributed by atoms with Crippen LogP contribution in [0.1, 0.15) is 26.0 Å². The number of aromatic nitrogens is 2. The molecule has 18 heavy (non-hydrogen) atoms. The molecule has 100 valence electrons. The summed E-state index contributed by atoms with van der Waals surface area (Å²) in [6.07, 6.45) is 0.738. The molecule has 0 saturated carbocycles. The number of anilines is 1. The maximum absolute atomic E-state index is 12.0. The van der Waals surface area contributed by atoms with E-state index in [9.17, 15) is 4.79 Å². The lowest BCUT2D eigenvalue weighted by Gasteiger charge is -2.16. The average molecular weight is 271 g/mol. The number of halogens is 1. The highest BCUT2D eigenvalue weighted by molar-refractivity contribution is 6.29. The van der Waals surface area contributed by atoms with Crippen molar-refractivity contribution in [3.63, 3.8) is 0 Å². The monoisotopic (exact) mass is 270 g/mol. The predicted molar refractivity (Wildman–Crippen MR) is 72.4 cm³/mol. The van der Waals surface area contributed by atoms with Gasteiger partial charge in [0.15, 0.2) is 0 Å². The van der Waals surface area contributed by atoms with Gasteiger partial charge < -0.3 is 5.73 Å². The topological polar surface area (TPSA) is 80.9 Å². The molecule has 1 amide bonds. The molecule has 0 spiro atoms. The van der Waals surface area contributed by atoms with Crippen molar-refractivity contribution < 1.29 is 4.79 Å². The molecule has 1 atom stereocenters. The van der Waals surface area contributed by atoms with Crippen LogP contribution in [-0.2, 0) is 4.79 Å². The Bertz CT molecular complexity index is 402. The fourth-order valence-corrected chi connectivity index (χ4v) is 1.92. The molecule has 6 heteroatoms. The molecule has 1 aromatic heterocycles. The Balaban J connectivity index is 2.73. The first-order valence-corrected chi connectivity index (χ1v) is 6.32. The molecule has 3 N–H and O–H groups in total. The van der Waals surface area contributed by atoms with Gasteiger partial charge in [0.05, 0.1) is 5.92 Å². The van der Waals surface area contributed by atoms with Crippen molar-refractivity contribution in [2.45, 2.75) is 27.2 Å². The van der Waals surface area contributed by atoms with Crippen LogP contribution in [-0.4, -0.2) is 22.4 Å². The number of nitrogens with one attached hydrogen (secondary N) is 1. The molecular weight excluding hydrogens is 252 g/mol. The third-order valence-electron chi connectivity index (χ3n) is 2.47. The fraction of sp³-hybridized carbons (Fsp3) is 0.583. The van der Waals surface area contributed by atoms with Crippen LogP contribution in [0, 0.1) is 18.8 Å². The van der Waals surface area contributed by atoms with Gasteiger partial charge in [-0.15, -0.1) is 0 Å². The first-order chi connectivity index (χ1) is 8.42. The van der Waals surface area contributed by atoms with Gasteiger partial charge in [0.1, 0.15) is 5.15 Å². The van der Waals surface area contributed by atoms with Crippen LogP contribution in [0.25, 0.3) is 0 Å². The zero-order valence-electron chi connectivity index (χ0n) is 10.9. The van der Waals surface area contributed by atoms with E-state index < -0.39 is 0 Å². The number of carbonyl (C=O) groups excluding carboxylic acids is 1. The summed E-state index contributed by atoms with van der Waals surface area (Å²) in [5.74, 6) is 0.249. The fourth-order valence-electron chi connectivity index (χ4n) is 1.68. The molecule has 0 aliphatic rings. The second-order valence-electron chi connectivity index (χ2n) is 4.71. The van der Waals surface area contributed by atoms with E-state index in [-0.39, 0.29) is 17.8 Å². The van der Waals surface area contributed by atoms with Crippen molar-refractivity contribution >= 4 is 23.5 Å². The highest BCUT2D eigenvalue weighted by atomic mass is 35.5. The van der Waals surface area contributed by atoms with Gasteiger partial charge in [-0.25, -0.2) is 9.97 Å². The van der Waals surface area contributed by atoms with Gasteiger partial charge >= 0.3 is 0 Å². The summed E-state index contributed by atoms with van der Waals surface area (Å²) in [5, 5.41) is 2.97. The number of aryl methyl sites for hydroxylation is 1. The number of nitrogens with zero attached hydrogens (tertiary/aromatic N) is 2. The van der Waals surface area contributed by atoms with Crippen molar-refractivity contribution in [2.75, 3.05) is 11.9 Å². The Morgan fingerprint density at radius 1 is 1.50 bits per heavy atom. The molecule has 0 bridgehead atoms. The number of nitrogens with two attached hydrogens (primary N) is 1. The summed E-state index contributed by atoms with van der Waals surface area (Å²) < 4.78 is 0. The number of rotatable bonds is 5. The van der Waals surface area contributed by atoms with Crippen LogP contribution in [0.3, 0.4) is 0 Å². The van der Waals surface area contributed by atoms with Crippen molar-refractivity contribution in [3.8, 4) is 0 Å². The van der Waals surface area contributed by atoms with E-state index in [4.69, 9.17) is 17.3 Å². The summed E-state index contributed by atoms with van der Waals surface area (Å²) in [6, 6.07) is 1.63. The lowest BCUT2D eigenvalue weighted by atomic mass is 9.96. The van der Waals surface area contributed by atoms with Gasteiger partial charge in [-0.3, -0.25) is 10.1 Å². The quantitative estimate of drug-likeness (QED) is 0.802. The Morgan fingerprint density at radius 2 is 2.17 bits per heavy atom. The van der Waals surface area contributed by atoms with Crippen LogP contribution in [0.5, 0.6) is 0 Å². The molecule has 0 aromatic carbocycles. The Morgan fingerprint density at radius 3 is 2.67 bits per heavy atom. The van der Waals surface area contributed by atoms with E-state index in [1.807, 2.05) is 0 Å². The molecule has 0 radical (unpaired) electrons. The molecular formula is C12H19ClN4O. The predicted octanol–water partition coefficient (Wildman–Crippen LogP) is 2.00. The van der Waals surface area contributed by atoms with E-state index in [1.165, 1.54) is 0 Å². The lowest BCUT2D eigenvalue weighted by Crippen LogP contribution is -2.31. The smallest absolute Gasteiger partial charge is 0.231 e. The first kappa shape index (κ1) is 14.9. The van der Waals surface area contributed by atoms with E-state index >= 15 is 0 Å². The number of hydrogen-bond acceptors (Lipinski definition) is 4. The molecule has 0 aliphatic heterocycles. The van der Waals surface area contributed by atoms with Crippen LogP contribution in [0.15, 0.2) is 6.07 Å². The number of hydrogen-bond donors (Lipinski definition) is 2. The standard InChI is InChI=1S/C12H19ClN4O/c1-7(2)4-9(6-14)11(18)17-12-15-8(3)5-10(13)16-12/h5,7,9H,4,6,14H2,1-3H3,(H,15,16,17,18). The van der Waals surface area contributed by atoms with Crippen LogP contribution < -0.4 is 11.1 Å². The van der Waals surface area contributed by atoms with Gasteiger partial charge in [-0.05, 0) is 25.3 Å². The molecule has 1 heterocycles. The largest absolute Gasteiger partial charge is 0.330 e. The third-order valence-corrected chi connectivity index (χ3v) is 2.66. The molecule has 0 aliphatic carbocycles. The van der Waals surface area contributed by atoms with Crippen molar-refractivity contribution in [3.05, 3.63) is 16.9 Å². The van der Waals surface area contributed by atoms with Gasteiger partial charge in [-0.1, -0.05) is 25.4 Å². The van der Waals surface area contributed by atoms with Gasteiger partial charge in [0, 0.05) is 12.2 Å². The maximum atomic E-state index is 12.0. The second-order valence-corrected chi connectivity index (χ2v) is 5.09. The number of carbonyl (C=O) groups is 1. The van der Waals surface area contributed by atoms with Gasteiger partial charge in [0.25, 0.3) is 0 Å². The van der Waals surface area contributed by atoms with E-state index in [1.54, 1.807) is 13.0 Å². The number of amides is 1. The summed E-state index contributed by atoms with van der Waals surface area (Å²) >= 11 is 5.80. The maximum Gasteiger partial charge on any atom is 0.231 e. The Labute approximate surface area is 112 Å². The first-order valence-electron chi connectivity index (χ1n) is 5.94. The third kappa shape index (κ3) is 4.58. The minimum atomic E-state index is -0.229. The Hall–Kier alpha value is -1.20. The van der Waals surface area contributed by atoms with Crippen molar-refractivity contribution in [2.24, 2.45) is 17.6 Å².